The Labute approximate surface area is 143 Å². The molecule has 0 radical (unpaired) electrons. The molecule has 3 aromatic rings. The highest BCUT2D eigenvalue weighted by molar-refractivity contribution is 9.10. The van der Waals surface area contributed by atoms with Crippen molar-refractivity contribution in [1.29, 1.82) is 0 Å². The zero-order valence-corrected chi connectivity index (χ0v) is 14.7. The molecule has 0 spiro atoms. The lowest BCUT2D eigenvalue weighted by Gasteiger charge is -2.09. The van der Waals surface area contributed by atoms with Crippen molar-refractivity contribution in [2.45, 2.75) is 35.7 Å². The Morgan fingerprint density at radius 1 is 1.43 bits per heavy atom. The Hall–Kier alpha value is -1.59. The van der Waals surface area contributed by atoms with E-state index in [0.29, 0.717) is 16.3 Å². The van der Waals surface area contributed by atoms with Crippen molar-refractivity contribution in [3.05, 3.63) is 10.9 Å². The van der Waals surface area contributed by atoms with Gasteiger partial charge in [0.2, 0.25) is 5.16 Å². The van der Waals surface area contributed by atoms with Crippen LogP contribution < -0.4 is 0 Å². The van der Waals surface area contributed by atoms with Gasteiger partial charge in [0.25, 0.3) is 0 Å². The normalized spacial score (nSPS) is 18.1. The molecule has 0 bridgehead atoms. The van der Waals surface area contributed by atoms with Crippen molar-refractivity contribution in [3.63, 3.8) is 0 Å². The third kappa shape index (κ3) is 2.83. The van der Waals surface area contributed by atoms with Crippen LogP contribution in [0, 0.1) is 0 Å². The number of hydrogen-bond donors (Lipinski definition) is 0. The lowest BCUT2D eigenvalue weighted by Crippen LogP contribution is -2.16. The number of hydrogen-bond acceptors (Lipinski definition) is 8. The van der Waals surface area contributed by atoms with Crippen LogP contribution in [0.25, 0.3) is 11.0 Å². The van der Waals surface area contributed by atoms with E-state index in [-0.39, 0.29) is 6.10 Å². The Morgan fingerprint density at radius 2 is 2.35 bits per heavy atom. The Kier molecular flexibility index (Phi) is 3.99. The summed E-state index contributed by atoms with van der Waals surface area (Å²) in [7, 11) is 1.84. The highest BCUT2D eigenvalue weighted by atomic mass is 79.9. The quantitative estimate of drug-likeness (QED) is 0.611. The number of halogens is 1. The van der Waals surface area contributed by atoms with E-state index in [0.717, 1.165) is 35.5 Å². The van der Waals surface area contributed by atoms with E-state index in [1.54, 1.807) is 9.36 Å². The summed E-state index contributed by atoms with van der Waals surface area (Å²) in [5.74, 6) is 0. The fourth-order valence-electron chi connectivity index (χ4n) is 2.54. The van der Waals surface area contributed by atoms with E-state index in [2.05, 4.69) is 46.5 Å². The van der Waals surface area contributed by atoms with E-state index in [9.17, 15) is 0 Å². The molecular weight excluding hydrogens is 384 g/mol. The van der Waals surface area contributed by atoms with Crippen LogP contribution in [-0.2, 0) is 18.3 Å². The minimum Gasteiger partial charge on any atom is -0.376 e. The van der Waals surface area contributed by atoms with Crippen LogP contribution in [0.2, 0.25) is 0 Å². The zero-order chi connectivity index (χ0) is 15.8. The molecule has 0 N–H and O–H groups in total. The second-order valence-corrected chi connectivity index (χ2v) is 6.88. The number of tetrazole rings is 1. The van der Waals surface area contributed by atoms with Gasteiger partial charge in [0.05, 0.1) is 18.0 Å². The van der Waals surface area contributed by atoms with Gasteiger partial charge in [-0.15, -0.1) is 5.10 Å². The predicted octanol–water partition coefficient (Wildman–Crippen LogP) is 1.44. The summed E-state index contributed by atoms with van der Waals surface area (Å²) >= 11 is 4.86. The largest absolute Gasteiger partial charge is 0.376 e. The summed E-state index contributed by atoms with van der Waals surface area (Å²) in [5.41, 5.74) is 0.757. The van der Waals surface area contributed by atoms with E-state index in [1.165, 1.54) is 18.1 Å². The molecule has 0 saturated carbocycles. The van der Waals surface area contributed by atoms with E-state index >= 15 is 0 Å². The second kappa shape index (κ2) is 6.13. The van der Waals surface area contributed by atoms with Crippen LogP contribution in [0.1, 0.15) is 12.8 Å². The number of aryl methyl sites for hydroxylation is 1. The number of rotatable bonds is 4. The van der Waals surface area contributed by atoms with Crippen LogP contribution in [0.15, 0.2) is 21.1 Å². The summed E-state index contributed by atoms with van der Waals surface area (Å²) in [6.07, 6.45) is 3.82. The average molecular weight is 397 g/mol. The van der Waals surface area contributed by atoms with E-state index in [4.69, 9.17) is 4.74 Å². The minimum atomic E-state index is 0.174. The van der Waals surface area contributed by atoms with Crippen molar-refractivity contribution < 1.29 is 4.74 Å². The van der Waals surface area contributed by atoms with Crippen molar-refractivity contribution in [3.8, 4) is 0 Å². The van der Waals surface area contributed by atoms with Gasteiger partial charge in [0.1, 0.15) is 16.0 Å². The maximum absolute atomic E-state index is 5.65. The summed E-state index contributed by atoms with van der Waals surface area (Å²) in [6, 6.07) is 0. The average Bonchev–Trinajstić information content (AvgIpc) is 3.25. The molecule has 4 rings (SSSR count). The topological polar surface area (TPSA) is 96.4 Å². The van der Waals surface area contributed by atoms with Crippen LogP contribution in [0.4, 0.5) is 0 Å². The third-order valence-corrected chi connectivity index (χ3v) is 5.16. The zero-order valence-electron chi connectivity index (χ0n) is 12.3. The maximum atomic E-state index is 5.65. The first-order chi connectivity index (χ1) is 11.2. The summed E-state index contributed by atoms with van der Waals surface area (Å²) in [4.78, 5) is 8.62. The Morgan fingerprint density at radius 3 is 3.17 bits per heavy atom. The van der Waals surface area contributed by atoms with Gasteiger partial charge in [-0.25, -0.2) is 19.3 Å². The number of nitrogens with zero attached hydrogens (tertiary/aromatic N) is 8. The van der Waals surface area contributed by atoms with Gasteiger partial charge in [-0.05, 0) is 51.0 Å². The molecule has 120 valence electrons. The van der Waals surface area contributed by atoms with Gasteiger partial charge < -0.3 is 4.74 Å². The molecule has 1 fully saturated rings. The Balaban J connectivity index is 1.65. The first kappa shape index (κ1) is 15.0. The predicted molar refractivity (Wildman–Crippen MR) is 84.9 cm³/mol. The van der Waals surface area contributed by atoms with Crippen molar-refractivity contribution >= 4 is 38.7 Å². The second-order valence-electron chi connectivity index (χ2n) is 5.17. The number of fused-ring (bicyclic) bond motifs is 1. The molecule has 23 heavy (non-hydrogen) atoms. The van der Waals surface area contributed by atoms with Gasteiger partial charge in [0.15, 0.2) is 5.65 Å². The molecule has 1 aliphatic heterocycles. The van der Waals surface area contributed by atoms with E-state index in [1.807, 2.05) is 7.05 Å². The van der Waals surface area contributed by atoms with Gasteiger partial charge in [-0.3, -0.25) is 0 Å². The van der Waals surface area contributed by atoms with Crippen molar-refractivity contribution in [1.82, 2.24) is 40.0 Å². The molecule has 0 aliphatic carbocycles. The molecule has 3 aromatic heterocycles. The summed E-state index contributed by atoms with van der Waals surface area (Å²) < 4.78 is 9.83. The highest BCUT2D eigenvalue weighted by Crippen LogP contribution is 2.33. The maximum Gasteiger partial charge on any atom is 0.215 e. The summed E-state index contributed by atoms with van der Waals surface area (Å²) in [6.45, 7) is 1.46. The highest BCUT2D eigenvalue weighted by Gasteiger charge is 2.21. The third-order valence-electron chi connectivity index (χ3n) is 3.63. The number of ether oxygens (including phenoxy) is 1. The molecule has 1 aliphatic rings. The molecule has 1 atom stereocenters. The van der Waals surface area contributed by atoms with Crippen LogP contribution in [0.3, 0.4) is 0 Å². The monoisotopic (exact) mass is 396 g/mol. The SMILES string of the molecule is Cn1nc(Br)c2c(Sc3nnnn3CC3CCCO3)ncnc21. The van der Waals surface area contributed by atoms with E-state index < -0.39 is 0 Å². The molecule has 1 saturated heterocycles. The van der Waals surface area contributed by atoms with Gasteiger partial charge in [0, 0.05) is 13.7 Å². The van der Waals surface area contributed by atoms with Crippen molar-refractivity contribution in [2.75, 3.05) is 6.61 Å². The Bertz CT molecular complexity index is 843. The smallest absolute Gasteiger partial charge is 0.215 e. The summed E-state index contributed by atoms with van der Waals surface area (Å²) in [5, 5.41) is 18.6. The molecule has 9 nitrogen and oxygen atoms in total. The van der Waals surface area contributed by atoms with Gasteiger partial charge in [-0.2, -0.15) is 5.10 Å². The standard InChI is InChI=1S/C12H13BrN8OS/c1-20-10-8(9(13)17-20)11(15-6-14-10)23-12-16-18-19-21(12)5-7-3-2-4-22-7/h6-7H,2-5H2,1H3. The fraction of sp³-hybridized carbons (Fsp3) is 0.500. The molecule has 0 amide bonds. The lowest BCUT2D eigenvalue weighted by atomic mass is 10.2. The lowest BCUT2D eigenvalue weighted by molar-refractivity contribution is 0.0912. The van der Waals surface area contributed by atoms with Gasteiger partial charge in [-0.1, -0.05) is 0 Å². The molecule has 0 aromatic carbocycles. The molecule has 4 heterocycles. The van der Waals surface area contributed by atoms with Crippen molar-refractivity contribution in [2.24, 2.45) is 7.05 Å². The first-order valence-corrected chi connectivity index (χ1v) is 8.72. The minimum absolute atomic E-state index is 0.174. The fourth-order valence-corrected chi connectivity index (χ4v) is 4.14. The van der Waals surface area contributed by atoms with Crippen LogP contribution in [-0.4, -0.2) is 52.7 Å². The van der Waals surface area contributed by atoms with Crippen LogP contribution >= 0.6 is 27.7 Å². The van der Waals surface area contributed by atoms with Gasteiger partial charge >= 0.3 is 0 Å². The molecule has 11 heteroatoms. The van der Waals surface area contributed by atoms with Crippen LogP contribution in [0.5, 0.6) is 0 Å². The number of aromatic nitrogens is 8. The first-order valence-electron chi connectivity index (χ1n) is 7.11. The molecular formula is C12H13BrN8OS. The molecule has 1 unspecified atom stereocenters.